The maximum absolute atomic E-state index is 10.9. The number of nitrogens with one attached hydrogen (secondary N) is 1. The van der Waals surface area contributed by atoms with E-state index in [1.807, 2.05) is 32.0 Å². The van der Waals surface area contributed by atoms with Crippen molar-refractivity contribution in [2.24, 2.45) is 5.73 Å². The van der Waals surface area contributed by atoms with E-state index in [-0.39, 0.29) is 12.1 Å². The van der Waals surface area contributed by atoms with Crippen LogP contribution in [0.5, 0.6) is 0 Å². The first kappa shape index (κ1) is 18.7. The van der Waals surface area contributed by atoms with Crippen molar-refractivity contribution < 1.29 is 19.0 Å². The van der Waals surface area contributed by atoms with E-state index in [4.69, 9.17) is 19.9 Å². The highest BCUT2D eigenvalue weighted by atomic mass is 16.7. The first-order valence-electron chi connectivity index (χ1n) is 8.41. The number of carbonyl (C=O) groups is 1. The van der Waals surface area contributed by atoms with Crippen LogP contribution in [0.3, 0.4) is 0 Å². The van der Waals surface area contributed by atoms with Crippen molar-refractivity contribution in [2.75, 3.05) is 19.9 Å². The summed E-state index contributed by atoms with van der Waals surface area (Å²) in [7, 11) is 0. The predicted octanol–water partition coefficient (Wildman–Crippen LogP) is 2.21. The van der Waals surface area contributed by atoms with Crippen LogP contribution in [0.4, 0.5) is 4.79 Å². The molecular weight excluding hydrogens is 308 g/mol. The molecule has 1 aromatic rings. The summed E-state index contributed by atoms with van der Waals surface area (Å²) in [4.78, 5) is 10.9. The van der Waals surface area contributed by atoms with Gasteiger partial charge in [-0.1, -0.05) is 30.3 Å². The lowest BCUT2D eigenvalue weighted by Crippen LogP contribution is -2.43. The standard InChI is InChI=1S/C18H28N2O4/c1-18(2,24-17(19)21)9-6-10-20-15(16-12-22-13-23-16)11-14-7-4-3-5-8-14/h3-5,7-8,15-16,20H,6,9-13H2,1-2H3,(H2,19,21). The van der Waals surface area contributed by atoms with Gasteiger partial charge in [0.05, 0.1) is 12.7 Å². The molecule has 3 N–H and O–H groups in total. The highest BCUT2D eigenvalue weighted by Gasteiger charge is 2.27. The van der Waals surface area contributed by atoms with E-state index in [1.165, 1.54) is 5.56 Å². The average Bonchev–Trinajstić information content (AvgIpc) is 3.04. The highest BCUT2D eigenvalue weighted by molar-refractivity contribution is 5.65. The van der Waals surface area contributed by atoms with Gasteiger partial charge in [-0.15, -0.1) is 0 Å². The quantitative estimate of drug-likeness (QED) is 0.676. The fourth-order valence-corrected chi connectivity index (χ4v) is 2.91. The molecule has 1 aromatic carbocycles. The molecule has 0 bridgehead atoms. The van der Waals surface area contributed by atoms with Crippen LogP contribution in [0, 0.1) is 0 Å². The second-order valence-electron chi connectivity index (χ2n) is 6.73. The number of rotatable bonds is 9. The smallest absolute Gasteiger partial charge is 0.405 e. The molecule has 1 saturated heterocycles. The summed E-state index contributed by atoms with van der Waals surface area (Å²) < 4.78 is 16.1. The molecule has 0 aromatic heterocycles. The SMILES string of the molecule is CC(C)(CCCNC(Cc1ccccc1)C1COCO1)OC(N)=O. The zero-order chi connectivity index (χ0) is 17.4. The minimum atomic E-state index is -0.730. The van der Waals surface area contributed by atoms with Gasteiger partial charge in [-0.25, -0.2) is 4.79 Å². The zero-order valence-corrected chi connectivity index (χ0v) is 14.5. The third kappa shape index (κ3) is 6.47. The van der Waals surface area contributed by atoms with Crippen molar-refractivity contribution in [3.63, 3.8) is 0 Å². The Morgan fingerprint density at radius 1 is 1.42 bits per heavy atom. The fourth-order valence-electron chi connectivity index (χ4n) is 2.91. The van der Waals surface area contributed by atoms with E-state index < -0.39 is 11.7 Å². The molecule has 0 spiro atoms. The molecule has 1 aliphatic heterocycles. The van der Waals surface area contributed by atoms with Gasteiger partial charge in [-0.05, 0) is 45.2 Å². The van der Waals surface area contributed by atoms with Gasteiger partial charge in [0.2, 0.25) is 0 Å². The Morgan fingerprint density at radius 3 is 2.79 bits per heavy atom. The number of hydrogen-bond acceptors (Lipinski definition) is 5. The minimum absolute atomic E-state index is 0.0556. The Balaban J connectivity index is 1.81. The molecule has 1 amide bonds. The van der Waals surface area contributed by atoms with Crippen LogP contribution in [0.15, 0.2) is 30.3 Å². The molecule has 1 heterocycles. The molecule has 2 unspecified atom stereocenters. The summed E-state index contributed by atoms with van der Waals surface area (Å²) in [6, 6.07) is 10.5. The van der Waals surface area contributed by atoms with Crippen LogP contribution in [0.25, 0.3) is 0 Å². The Hall–Kier alpha value is -1.63. The van der Waals surface area contributed by atoms with Crippen LogP contribution in [-0.2, 0) is 20.6 Å². The van der Waals surface area contributed by atoms with Crippen molar-refractivity contribution in [3.8, 4) is 0 Å². The molecule has 0 radical (unpaired) electrons. The molecule has 0 aliphatic carbocycles. The van der Waals surface area contributed by atoms with Gasteiger partial charge in [0.15, 0.2) is 0 Å². The summed E-state index contributed by atoms with van der Waals surface area (Å²) in [6.07, 6.45) is 1.82. The lowest BCUT2D eigenvalue weighted by molar-refractivity contribution is 0.0322. The summed E-state index contributed by atoms with van der Waals surface area (Å²) >= 11 is 0. The van der Waals surface area contributed by atoms with Crippen molar-refractivity contribution in [1.82, 2.24) is 5.32 Å². The van der Waals surface area contributed by atoms with E-state index in [9.17, 15) is 4.79 Å². The van der Waals surface area contributed by atoms with Crippen LogP contribution < -0.4 is 11.1 Å². The second-order valence-corrected chi connectivity index (χ2v) is 6.73. The maximum Gasteiger partial charge on any atom is 0.405 e. The highest BCUT2D eigenvalue weighted by Crippen LogP contribution is 2.17. The van der Waals surface area contributed by atoms with Crippen molar-refractivity contribution in [2.45, 2.75) is 50.9 Å². The van der Waals surface area contributed by atoms with Crippen LogP contribution in [0.2, 0.25) is 0 Å². The van der Waals surface area contributed by atoms with Gasteiger partial charge in [-0.2, -0.15) is 0 Å². The molecule has 24 heavy (non-hydrogen) atoms. The van der Waals surface area contributed by atoms with Gasteiger partial charge in [-0.3, -0.25) is 0 Å². The number of amides is 1. The number of carbonyl (C=O) groups excluding carboxylic acids is 1. The summed E-state index contributed by atoms with van der Waals surface area (Å²) in [5.74, 6) is 0. The number of primary amides is 1. The van der Waals surface area contributed by atoms with Crippen LogP contribution >= 0.6 is 0 Å². The van der Waals surface area contributed by atoms with Crippen LogP contribution in [0.1, 0.15) is 32.3 Å². The van der Waals surface area contributed by atoms with E-state index in [0.717, 1.165) is 25.8 Å². The molecule has 2 atom stereocenters. The molecular formula is C18H28N2O4. The molecule has 0 saturated carbocycles. The molecule has 6 heteroatoms. The lowest BCUT2D eigenvalue weighted by Gasteiger charge is -2.26. The average molecular weight is 336 g/mol. The van der Waals surface area contributed by atoms with Crippen molar-refractivity contribution in [1.29, 1.82) is 0 Å². The van der Waals surface area contributed by atoms with Crippen LogP contribution in [-0.4, -0.2) is 43.8 Å². The van der Waals surface area contributed by atoms with Gasteiger partial charge >= 0.3 is 6.09 Å². The largest absolute Gasteiger partial charge is 0.444 e. The van der Waals surface area contributed by atoms with E-state index >= 15 is 0 Å². The predicted molar refractivity (Wildman–Crippen MR) is 91.6 cm³/mol. The Morgan fingerprint density at radius 2 is 2.17 bits per heavy atom. The molecule has 6 nitrogen and oxygen atoms in total. The second kappa shape index (κ2) is 9.01. The number of benzene rings is 1. The van der Waals surface area contributed by atoms with E-state index in [1.54, 1.807) is 0 Å². The van der Waals surface area contributed by atoms with E-state index in [0.29, 0.717) is 13.4 Å². The van der Waals surface area contributed by atoms with Crippen molar-refractivity contribution in [3.05, 3.63) is 35.9 Å². The minimum Gasteiger partial charge on any atom is -0.444 e. The number of nitrogens with two attached hydrogens (primary N) is 1. The maximum atomic E-state index is 10.9. The van der Waals surface area contributed by atoms with Gasteiger partial charge in [0, 0.05) is 6.04 Å². The fraction of sp³-hybridized carbons (Fsp3) is 0.611. The molecule has 134 valence electrons. The summed E-state index contributed by atoms with van der Waals surface area (Å²) in [6.45, 7) is 5.51. The van der Waals surface area contributed by atoms with Gasteiger partial charge in [0.1, 0.15) is 12.4 Å². The summed E-state index contributed by atoms with van der Waals surface area (Å²) in [5, 5.41) is 3.56. The molecule has 1 aliphatic rings. The zero-order valence-electron chi connectivity index (χ0n) is 14.5. The lowest BCUT2D eigenvalue weighted by atomic mass is 10.00. The first-order chi connectivity index (χ1) is 11.5. The van der Waals surface area contributed by atoms with Gasteiger partial charge < -0.3 is 25.3 Å². The topological polar surface area (TPSA) is 82.8 Å². The molecule has 2 rings (SSSR count). The number of hydrogen-bond donors (Lipinski definition) is 2. The summed E-state index contributed by atoms with van der Waals surface area (Å²) in [5.41, 5.74) is 5.81. The third-order valence-electron chi connectivity index (χ3n) is 4.13. The van der Waals surface area contributed by atoms with Gasteiger partial charge in [0.25, 0.3) is 0 Å². The van der Waals surface area contributed by atoms with E-state index in [2.05, 4.69) is 17.4 Å². The first-order valence-corrected chi connectivity index (χ1v) is 8.41. The third-order valence-corrected chi connectivity index (χ3v) is 4.13. The Bertz CT molecular complexity index is 501. The normalized spacial score (nSPS) is 19.2. The Kier molecular flexibility index (Phi) is 7.02. The number of ether oxygens (including phenoxy) is 3. The van der Waals surface area contributed by atoms with Crippen molar-refractivity contribution >= 4 is 6.09 Å². The Labute approximate surface area is 143 Å². The molecule has 1 fully saturated rings. The monoisotopic (exact) mass is 336 g/mol.